The average Bonchev–Trinajstić information content (AvgIpc) is 3.11. The molecule has 0 radical (unpaired) electrons. The zero-order valence-electron chi connectivity index (χ0n) is 16.0. The molecule has 0 atom stereocenters. The zero-order chi connectivity index (χ0) is 20.1. The number of carbonyl (C=O) groups is 1. The van der Waals surface area contributed by atoms with Gasteiger partial charge in [-0.25, -0.2) is 4.98 Å². The van der Waals surface area contributed by atoms with Crippen LogP contribution in [0.2, 0.25) is 0 Å². The van der Waals surface area contributed by atoms with Crippen molar-refractivity contribution in [3.63, 3.8) is 0 Å². The summed E-state index contributed by atoms with van der Waals surface area (Å²) in [5, 5.41) is 2.96. The lowest BCUT2D eigenvalue weighted by Gasteiger charge is -2.08. The molecule has 4 rings (SSSR count). The van der Waals surface area contributed by atoms with Gasteiger partial charge in [-0.05, 0) is 28.8 Å². The Morgan fingerprint density at radius 1 is 0.931 bits per heavy atom. The summed E-state index contributed by atoms with van der Waals surface area (Å²) in [7, 11) is 0. The van der Waals surface area contributed by atoms with Crippen LogP contribution in [0.25, 0.3) is 22.2 Å². The molecule has 0 saturated carbocycles. The van der Waals surface area contributed by atoms with E-state index in [1.54, 1.807) is 0 Å². The van der Waals surface area contributed by atoms with Crippen LogP contribution in [0.1, 0.15) is 11.4 Å². The van der Waals surface area contributed by atoms with E-state index in [2.05, 4.69) is 28.4 Å². The van der Waals surface area contributed by atoms with Crippen molar-refractivity contribution in [2.45, 2.75) is 19.5 Å². The maximum absolute atomic E-state index is 12.4. The van der Waals surface area contributed by atoms with Gasteiger partial charge in [-0.2, -0.15) is 0 Å². The third-order valence-corrected chi connectivity index (χ3v) is 4.85. The molecule has 29 heavy (non-hydrogen) atoms. The molecule has 1 amide bonds. The molecule has 1 heterocycles. The minimum atomic E-state index is -0.0447. The van der Waals surface area contributed by atoms with E-state index in [-0.39, 0.29) is 5.91 Å². The van der Waals surface area contributed by atoms with Crippen molar-refractivity contribution in [1.82, 2.24) is 14.9 Å². The van der Waals surface area contributed by atoms with Crippen molar-refractivity contribution < 1.29 is 4.79 Å². The third kappa shape index (κ3) is 4.20. The van der Waals surface area contributed by atoms with Crippen molar-refractivity contribution in [3.05, 3.63) is 90.3 Å². The van der Waals surface area contributed by atoms with Crippen molar-refractivity contribution >= 4 is 16.9 Å². The van der Waals surface area contributed by atoms with Crippen molar-refractivity contribution in [2.75, 3.05) is 0 Å². The zero-order valence-corrected chi connectivity index (χ0v) is 16.0. The molecule has 0 bridgehead atoms. The first-order valence-corrected chi connectivity index (χ1v) is 9.53. The van der Waals surface area contributed by atoms with Crippen molar-refractivity contribution in [3.8, 4) is 23.5 Å². The first-order valence-electron chi connectivity index (χ1n) is 9.53. The minimum absolute atomic E-state index is 0.0447. The number of hydrogen-bond acceptors (Lipinski definition) is 2. The lowest BCUT2D eigenvalue weighted by atomic mass is 10.0. The van der Waals surface area contributed by atoms with Gasteiger partial charge in [0, 0.05) is 0 Å². The highest BCUT2D eigenvalue weighted by molar-refractivity contribution is 5.79. The summed E-state index contributed by atoms with van der Waals surface area (Å²) in [6.45, 7) is 0.768. The molecular formula is C25H21N3O. The summed E-state index contributed by atoms with van der Waals surface area (Å²) in [6, 6.07) is 26.1. The van der Waals surface area contributed by atoms with E-state index in [1.165, 1.54) is 0 Å². The van der Waals surface area contributed by atoms with Crippen LogP contribution < -0.4 is 5.32 Å². The number of nitrogens with zero attached hydrogens (tertiary/aromatic N) is 2. The highest BCUT2D eigenvalue weighted by Crippen LogP contribution is 2.19. The molecule has 4 aromatic rings. The summed E-state index contributed by atoms with van der Waals surface area (Å²) >= 11 is 0. The number of terminal acetylenes is 1. The topological polar surface area (TPSA) is 46.9 Å². The van der Waals surface area contributed by atoms with Gasteiger partial charge in [-0.1, -0.05) is 72.7 Å². The predicted molar refractivity (Wildman–Crippen MR) is 116 cm³/mol. The summed E-state index contributed by atoms with van der Waals surface area (Å²) in [5.74, 6) is 3.38. The Hall–Kier alpha value is -3.84. The fourth-order valence-corrected chi connectivity index (χ4v) is 3.40. The number of rotatable bonds is 6. The number of benzene rings is 3. The predicted octanol–water partition coefficient (Wildman–Crippen LogP) is 4.20. The fraction of sp³-hybridized carbons (Fsp3) is 0.120. The van der Waals surface area contributed by atoms with Gasteiger partial charge in [0.1, 0.15) is 5.82 Å². The molecule has 0 spiro atoms. The second kappa shape index (κ2) is 8.45. The molecule has 0 aliphatic rings. The first kappa shape index (κ1) is 18.5. The van der Waals surface area contributed by atoms with Gasteiger partial charge in [-0.3, -0.25) is 4.79 Å². The number of para-hydroxylation sites is 2. The van der Waals surface area contributed by atoms with Crippen LogP contribution in [0.4, 0.5) is 0 Å². The number of hydrogen-bond donors (Lipinski definition) is 1. The molecule has 0 aliphatic carbocycles. The molecule has 0 aliphatic heterocycles. The maximum Gasteiger partial charge on any atom is 0.224 e. The van der Waals surface area contributed by atoms with Gasteiger partial charge in [0.15, 0.2) is 0 Å². The average molecular weight is 379 g/mol. The van der Waals surface area contributed by atoms with Crippen LogP contribution >= 0.6 is 0 Å². The Morgan fingerprint density at radius 2 is 1.62 bits per heavy atom. The van der Waals surface area contributed by atoms with Crippen LogP contribution in [-0.2, 0) is 24.3 Å². The maximum atomic E-state index is 12.4. The Labute approximate surface area is 170 Å². The quantitative estimate of drug-likeness (QED) is 0.511. The van der Waals surface area contributed by atoms with Crippen LogP contribution in [0.15, 0.2) is 78.9 Å². The van der Waals surface area contributed by atoms with E-state index in [0.717, 1.165) is 33.5 Å². The summed E-state index contributed by atoms with van der Waals surface area (Å²) in [4.78, 5) is 17.0. The summed E-state index contributed by atoms with van der Waals surface area (Å²) in [6.07, 6.45) is 5.83. The highest BCUT2D eigenvalue weighted by atomic mass is 16.1. The summed E-state index contributed by atoms with van der Waals surface area (Å²) in [5.41, 5.74) is 5.13. The van der Waals surface area contributed by atoms with E-state index >= 15 is 0 Å². The van der Waals surface area contributed by atoms with Crippen molar-refractivity contribution in [1.29, 1.82) is 0 Å². The van der Waals surface area contributed by atoms with Gasteiger partial charge < -0.3 is 9.88 Å². The minimum Gasteiger partial charge on any atom is -0.349 e. The molecule has 1 aromatic heterocycles. The van der Waals surface area contributed by atoms with Gasteiger partial charge in [0.05, 0.1) is 30.5 Å². The van der Waals surface area contributed by atoms with Gasteiger partial charge >= 0.3 is 0 Å². The van der Waals surface area contributed by atoms with Crippen LogP contribution in [-0.4, -0.2) is 15.5 Å². The number of amides is 1. The highest BCUT2D eigenvalue weighted by Gasteiger charge is 2.11. The molecule has 0 unspecified atom stereocenters. The monoisotopic (exact) mass is 379 g/mol. The Bertz CT molecular complexity index is 1170. The number of nitrogens with one attached hydrogen (secondary N) is 1. The molecular weight excluding hydrogens is 358 g/mol. The molecule has 1 N–H and O–H groups in total. The van der Waals surface area contributed by atoms with Crippen LogP contribution in [0, 0.1) is 12.3 Å². The lowest BCUT2D eigenvalue weighted by Crippen LogP contribution is -2.26. The molecule has 4 nitrogen and oxygen atoms in total. The number of carbonyl (C=O) groups excluding carboxylic acids is 1. The van der Waals surface area contributed by atoms with Gasteiger partial charge in [0.2, 0.25) is 5.91 Å². The van der Waals surface area contributed by atoms with Gasteiger partial charge in [-0.15, -0.1) is 6.42 Å². The number of aromatic nitrogens is 2. The Morgan fingerprint density at radius 3 is 2.38 bits per heavy atom. The molecule has 142 valence electrons. The molecule has 0 fully saturated rings. The normalized spacial score (nSPS) is 10.6. The first-order chi connectivity index (χ1) is 14.2. The number of imidazole rings is 1. The Balaban J connectivity index is 1.41. The van der Waals surface area contributed by atoms with E-state index in [1.807, 2.05) is 71.3 Å². The molecule has 4 heteroatoms. The lowest BCUT2D eigenvalue weighted by molar-refractivity contribution is -0.120. The Kier molecular flexibility index (Phi) is 5.40. The van der Waals surface area contributed by atoms with Gasteiger partial charge in [0.25, 0.3) is 0 Å². The molecule has 0 saturated heterocycles. The second-order valence-corrected chi connectivity index (χ2v) is 6.82. The number of fused-ring (bicyclic) bond motifs is 1. The van der Waals surface area contributed by atoms with E-state index in [0.29, 0.717) is 19.5 Å². The fourth-order valence-electron chi connectivity index (χ4n) is 3.40. The van der Waals surface area contributed by atoms with Crippen LogP contribution in [0.3, 0.4) is 0 Å². The van der Waals surface area contributed by atoms with E-state index in [4.69, 9.17) is 6.42 Å². The van der Waals surface area contributed by atoms with E-state index < -0.39 is 0 Å². The van der Waals surface area contributed by atoms with E-state index in [9.17, 15) is 4.79 Å². The third-order valence-electron chi connectivity index (χ3n) is 4.85. The smallest absolute Gasteiger partial charge is 0.224 e. The van der Waals surface area contributed by atoms with Crippen LogP contribution in [0.5, 0.6) is 0 Å². The largest absolute Gasteiger partial charge is 0.349 e. The summed E-state index contributed by atoms with van der Waals surface area (Å²) < 4.78 is 1.96. The SMILES string of the molecule is C#CCn1c(CNC(=O)Cc2ccc(-c3ccccc3)cc2)nc2ccccc21. The second-order valence-electron chi connectivity index (χ2n) is 6.82. The van der Waals surface area contributed by atoms with Crippen molar-refractivity contribution in [2.24, 2.45) is 0 Å². The standard InChI is InChI=1S/C25H21N3O/c1-2-16-28-23-11-7-6-10-22(23)27-24(28)18-26-25(29)17-19-12-14-21(15-13-19)20-8-4-3-5-9-20/h1,3-15H,16-18H2,(H,26,29). The molecule has 3 aromatic carbocycles.